The van der Waals surface area contributed by atoms with Gasteiger partial charge in [0.2, 0.25) is 0 Å². The highest BCUT2D eigenvalue weighted by molar-refractivity contribution is 5.90. The molecule has 7 nitrogen and oxygen atoms in total. The fourth-order valence-corrected chi connectivity index (χ4v) is 2.96. The number of hydrogen-bond donors (Lipinski definition) is 0. The SMILES string of the molecule is CC(C)C1=NN(c2ccc(OC=O)cc2)C(c2cccc([N+](=O)[O-])c2)C1. The van der Waals surface area contributed by atoms with Crippen molar-refractivity contribution in [3.8, 4) is 5.75 Å². The minimum absolute atomic E-state index is 0.0650. The normalized spacial score (nSPS) is 16.5. The number of hydrazone groups is 1. The van der Waals surface area contributed by atoms with Gasteiger partial charge >= 0.3 is 0 Å². The van der Waals surface area contributed by atoms with Crippen LogP contribution in [0.5, 0.6) is 5.75 Å². The van der Waals surface area contributed by atoms with Gasteiger partial charge in [-0.15, -0.1) is 0 Å². The maximum absolute atomic E-state index is 11.1. The van der Waals surface area contributed by atoms with Crippen LogP contribution in [0.1, 0.15) is 31.9 Å². The van der Waals surface area contributed by atoms with Gasteiger partial charge in [-0.25, -0.2) is 0 Å². The fourth-order valence-electron chi connectivity index (χ4n) is 2.96. The Bertz CT molecular complexity index is 846. The van der Waals surface area contributed by atoms with Crippen molar-refractivity contribution < 1.29 is 14.5 Å². The number of non-ortho nitro benzene ring substituents is 1. The Labute approximate surface area is 151 Å². The molecule has 3 rings (SSSR count). The molecule has 0 saturated carbocycles. The van der Waals surface area contributed by atoms with Crippen molar-refractivity contribution >= 4 is 23.6 Å². The van der Waals surface area contributed by atoms with Gasteiger partial charge in [0.15, 0.2) is 0 Å². The third kappa shape index (κ3) is 3.56. The predicted molar refractivity (Wildman–Crippen MR) is 98.3 cm³/mol. The molecule has 1 unspecified atom stereocenters. The fraction of sp³-hybridized carbons (Fsp3) is 0.263. The molecular weight excluding hydrogens is 334 g/mol. The van der Waals surface area contributed by atoms with Crippen LogP contribution in [0.15, 0.2) is 53.6 Å². The summed E-state index contributed by atoms with van der Waals surface area (Å²) in [6.45, 7) is 4.54. The number of benzene rings is 2. The third-order valence-electron chi connectivity index (χ3n) is 4.35. The first-order valence-electron chi connectivity index (χ1n) is 8.31. The van der Waals surface area contributed by atoms with Crippen molar-refractivity contribution in [1.82, 2.24) is 0 Å². The van der Waals surface area contributed by atoms with Crippen LogP contribution in [-0.4, -0.2) is 17.1 Å². The third-order valence-corrected chi connectivity index (χ3v) is 4.35. The molecule has 0 fully saturated rings. The lowest BCUT2D eigenvalue weighted by Gasteiger charge is -2.24. The Kier molecular flexibility index (Phi) is 4.97. The Morgan fingerprint density at radius 1 is 1.27 bits per heavy atom. The summed E-state index contributed by atoms with van der Waals surface area (Å²) in [5.74, 6) is 0.724. The van der Waals surface area contributed by atoms with E-state index in [9.17, 15) is 14.9 Å². The van der Waals surface area contributed by atoms with Crippen LogP contribution in [0.4, 0.5) is 11.4 Å². The number of hydrogen-bond acceptors (Lipinski definition) is 6. The molecule has 0 aromatic heterocycles. The second-order valence-electron chi connectivity index (χ2n) is 6.37. The number of ether oxygens (including phenoxy) is 1. The molecule has 0 spiro atoms. The lowest BCUT2D eigenvalue weighted by atomic mass is 9.96. The molecular formula is C19H19N3O4. The summed E-state index contributed by atoms with van der Waals surface area (Å²) in [6, 6.07) is 13.6. The van der Waals surface area contributed by atoms with E-state index in [0.29, 0.717) is 18.6 Å². The highest BCUT2D eigenvalue weighted by Gasteiger charge is 2.31. The maximum Gasteiger partial charge on any atom is 0.298 e. The highest BCUT2D eigenvalue weighted by atomic mass is 16.6. The minimum Gasteiger partial charge on any atom is -0.429 e. The standard InChI is InChI=1S/C19H19N3O4/c1-13(2)18-11-19(14-4-3-5-16(10-14)22(24)25)21(20-18)15-6-8-17(9-7-15)26-12-23/h3-10,12-13,19H,11H2,1-2H3. The Hall–Kier alpha value is -3.22. The topological polar surface area (TPSA) is 85.0 Å². The quantitative estimate of drug-likeness (QED) is 0.443. The number of nitrogens with zero attached hydrogens (tertiary/aromatic N) is 3. The van der Waals surface area contributed by atoms with E-state index in [2.05, 4.69) is 13.8 Å². The zero-order valence-electron chi connectivity index (χ0n) is 14.5. The van der Waals surface area contributed by atoms with Gasteiger partial charge < -0.3 is 4.74 Å². The Balaban J connectivity index is 1.97. The van der Waals surface area contributed by atoms with Gasteiger partial charge in [0, 0.05) is 24.3 Å². The Morgan fingerprint density at radius 2 is 2.00 bits per heavy atom. The van der Waals surface area contributed by atoms with E-state index in [1.165, 1.54) is 6.07 Å². The van der Waals surface area contributed by atoms with E-state index in [1.54, 1.807) is 24.3 Å². The summed E-state index contributed by atoms with van der Waals surface area (Å²) in [7, 11) is 0. The molecule has 1 heterocycles. The number of nitro groups is 1. The molecule has 0 radical (unpaired) electrons. The van der Waals surface area contributed by atoms with Gasteiger partial charge in [0.05, 0.1) is 16.7 Å². The second kappa shape index (κ2) is 7.35. The first-order valence-corrected chi connectivity index (χ1v) is 8.31. The molecule has 0 N–H and O–H groups in total. The summed E-state index contributed by atoms with van der Waals surface area (Å²) in [5, 5.41) is 17.7. The first-order chi connectivity index (χ1) is 12.5. The van der Waals surface area contributed by atoms with Gasteiger partial charge in [-0.2, -0.15) is 5.10 Å². The molecule has 0 amide bonds. The van der Waals surface area contributed by atoms with Crippen molar-refractivity contribution in [2.45, 2.75) is 26.3 Å². The summed E-state index contributed by atoms with van der Waals surface area (Å²) in [5.41, 5.74) is 2.77. The predicted octanol–water partition coefficient (Wildman–Crippen LogP) is 4.09. The molecule has 1 aliphatic heterocycles. The number of nitro benzene ring substituents is 1. The summed E-state index contributed by atoms with van der Waals surface area (Å²) >= 11 is 0. The zero-order valence-corrected chi connectivity index (χ0v) is 14.5. The molecule has 0 bridgehead atoms. The van der Waals surface area contributed by atoms with E-state index >= 15 is 0 Å². The minimum atomic E-state index is -0.390. The number of carbonyl (C=O) groups is 1. The monoisotopic (exact) mass is 353 g/mol. The van der Waals surface area contributed by atoms with Gasteiger partial charge in [-0.1, -0.05) is 26.0 Å². The van der Waals surface area contributed by atoms with E-state index in [1.807, 2.05) is 23.2 Å². The lowest BCUT2D eigenvalue weighted by molar-refractivity contribution is -0.384. The van der Waals surface area contributed by atoms with E-state index in [4.69, 9.17) is 9.84 Å². The molecule has 26 heavy (non-hydrogen) atoms. The van der Waals surface area contributed by atoms with Crippen molar-refractivity contribution in [2.75, 3.05) is 5.01 Å². The lowest BCUT2D eigenvalue weighted by Crippen LogP contribution is -2.18. The molecule has 0 saturated heterocycles. The molecule has 7 heteroatoms. The van der Waals surface area contributed by atoms with Crippen molar-refractivity contribution in [1.29, 1.82) is 0 Å². The molecule has 2 aromatic rings. The van der Waals surface area contributed by atoms with Crippen LogP contribution in [0.2, 0.25) is 0 Å². The molecule has 1 aliphatic rings. The van der Waals surface area contributed by atoms with Crippen LogP contribution in [0.25, 0.3) is 0 Å². The Morgan fingerprint density at radius 3 is 2.62 bits per heavy atom. The number of carbonyl (C=O) groups excluding carboxylic acids is 1. The van der Waals surface area contributed by atoms with Crippen molar-refractivity contribution in [3.63, 3.8) is 0 Å². The molecule has 1 atom stereocenters. The maximum atomic E-state index is 11.1. The largest absolute Gasteiger partial charge is 0.429 e. The van der Waals surface area contributed by atoms with E-state index in [0.717, 1.165) is 17.0 Å². The average Bonchev–Trinajstić information content (AvgIpc) is 3.08. The molecule has 2 aromatic carbocycles. The summed E-state index contributed by atoms with van der Waals surface area (Å²) < 4.78 is 4.83. The van der Waals surface area contributed by atoms with Gasteiger partial charge in [0.25, 0.3) is 12.2 Å². The van der Waals surface area contributed by atoms with Crippen molar-refractivity contribution in [2.24, 2.45) is 11.0 Å². The van der Waals surface area contributed by atoms with Crippen LogP contribution in [-0.2, 0) is 4.79 Å². The smallest absolute Gasteiger partial charge is 0.298 e. The van der Waals surface area contributed by atoms with Crippen molar-refractivity contribution in [3.05, 3.63) is 64.2 Å². The van der Waals surface area contributed by atoms with E-state index < -0.39 is 4.92 Å². The van der Waals surface area contributed by atoms with Crippen LogP contribution >= 0.6 is 0 Å². The number of rotatable bonds is 6. The first kappa shape index (κ1) is 17.6. The summed E-state index contributed by atoms with van der Waals surface area (Å²) in [6.07, 6.45) is 0.700. The molecule has 134 valence electrons. The van der Waals surface area contributed by atoms with Crippen LogP contribution in [0.3, 0.4) is 0 Å². The second-order valence-corrected chi connectivity index (χ2v) is 6.37. The van der Waals surface area contributed by atoms with Gasteiger partial charge in [0.1, 0.15) is 5.75 Å². The number of anilines is 1. The average molecular weight is 353 g/mol. The summed E-state index contributed by atoms with van der Waals surface area (Å²) in [4.78, 5) is 21.2. The molecule has 0 aliphatic carbocycles. The zero-order chi connectivity index (χ0) is 18.7. The van der Waals surface area contributed by atoms with Gasteiger partial charge in [-0.05, 0) is 35.7 Å². The van der Waals surface area contributed by atoms with Crippen LogP contribution < -0.4 is 9.75 Å². The van der Waals surface area contributed by atoms with Crippen LogP contribution in [0, 0.1) is 16.0 Å². The highest BCUT2D eigenvalue weighted by Crippen LogP contribution is 2.38. The van der Waals surface area contributed by atoms with E-state index in [-0.39, 0.29) is 17.6 Å². The van der Waals surface area contributed by atoms with Gasteiger partial charge in [-0.3, -0.25) is 19.9 Å².